The van der Waals surface area contributed by atoms with Crippen LogP contribution >= 0.6 is 15.9 Å². The topological polar surface area (TPSA) is 57.5 Å². The van der Waals surface area contributed by atoms with Crippen LogP contribution in [0.5, 0.6) is 0 Å². The molecular weight excluding hydrogens is 314 g/mol. The molecule has 0 N–H and O–H groups in total. The average molecular weight is 334 g/mol. The summed E-state index contributed by atoms with van der Waals surface area (Å²) in [5.41, 5.74) is -0.511. The third-order valence-electron chi connectivity index (χ3n) is 1.81. The van der Waals surface area contributed by atoms with Crippen molar-refractivity contribution < 1.29 is 19.1 Å². The lowest BCUT2D eigenvalue weighted by Crippen LogP contribution is -2.28. The van der Waals surface area contributed by atoms with Gasteiger partial charge < -0.3 is 9.47 Å². The highest BCUT2D eigenvalue weighted by atomic mass is 79.9. The number of nitrogens with zero attached hydrogens (tertiary/aromatic N) is 1. The standard InChI is InChI=1S/C11H14BrNO4.C2H6/c1-11(2,3)17-10(15)13-6-5-7(12)8(13)9(14)16-4;1-2/h5-6H,1-4H3;1-2H3. The van der Waals surface area contributed by atoms with Gasteiger partial charge in [-0.3, -0.25) is 0 Å². The van der Waals surface area contributed by atoms with Crippen molar-refractivity contribution in [3.63, 3.8) is 0 Å². The molecule has 0 aliphatic carbocycles. The Morgan fingerprint density at radius 1 is 1.26 bits per heavy atom. The first-order valence-electron chi connectivity index (χ1n) is 5.95. The molecule has 0 atom stereocenters. The fourth-order valence-electron chi connectivity index (χ4n) is 1.16. The van der Waals surface area contributed by atoms with Gasteiger partial charge in [0.15, 0.2) is 5.69 Å². The molecule has 19 heavy (non-hydrogen) atoms. The lowest BCUT2D eigenvalue weighted by atomic mass is 10.2. The molecule has 0 unspecified atom stereocenters. The van der Waals surface area contributed by atoms with Crippen LogP contribution in [-0.2, 0) is 9.47 Å². The van der Waals surface area contributed by atoms with Crippen LogP contribution in [0.4, 0.5) is 4.79 Å². The van der Waals surface area contributed by atoms with Crippen LogP contribution in [0.15, 0.2) is 16.7 Å². The van der Waals surface area contributed by atoms with Crippen LogP contribution in [0.1, 0.15) is 45.1 Å². The van der Waals surface area contributed by atoms with Gasteiger partial charge in [-0.2, -0.15) is 0 Å². The van der Waals surface area contributed by atoms with Gasteiger partial charge in [0, 0.05) is 6.20 Å². The second-order valence-electron chi connectivity index (χ2n) is 4.35. The Labute approximate surface area is 122 Å². The number of aromatic nitrogens is 1. The number of halogens is 1. The van der Waals surface area contributed by atoms with E-state index >= 15 is 0 Å². The first kappa shape index (κ1) is 17.7. The smallest absolute Gasteiger partial charge is 0.419 e. The van der Waals surface area contributed by atoms with Gasteiger partial charge in [-0.25, -0.2) is 14.2 Å². The predicted octanol–water partition coefficient (Wildman–Crippen LogP) is 3.85. The quantitative estimate of drug-likeness (QED) is 0.732. The number of carbonyl (C=O) groups excluding carboxylic acids is 2. The first-order chi connectivity index (χ1) is 8.76. The van der Waals surface area contributed by atoms with E-state index in [4.69, 9.17) is 4.74 Å². The molecule has 0 aliphatic rings. The Kier molecular flexibility index (Phi) is 6.83. The molecule has 0 amide bonds. The second kappa shape index (κ2) is 7.33. The molecule has 5 nitrogen and oxygen atoms in total. The van der Waals surface area contributed by atoms with Crippen LogP contribution in [0.25, 0.3) is 0 Å². The molecule has 6 heteroatoms. The van der Waals surface area contributed by atoms with E-state index < -0.39 is 17.7 Å². The van der Waals surface area contributed by atoms with E-state index in [0.29, 0.717) is 4.47 Å². The van der Waals surface area contributed by atoms with Gasteiger partial charge in [-0.1, -0.05) is 13.8 Å². The SMILES string of the molecule is CC.COC(=O)c1c(Br)ccn1C(=O)OC(C)(C)C. The lowest BCUT2D eigenvalue weighted by Gasteiger charge is -2.20. The maximum Gasteiger partial charge on any atom is 0.419 e. The van der Waals surface area contributed by atoms with Gasteiger partial charge in [0.25, 0.3) is 0 Å². The van der Waals surface area contributed by atoms with Gasteiger partial charge in [0.05, 0.1) is 11.6 Å². The van der Waals surface area contributed by atoms with Crippen molar-refractivity contribution in [2.75, 3.05) is 7.11 Å². The molecule has 0 saturated heterocycles. The van der Waals surface area contributed by atoms with E-state index in [-0.39, 0.29) is 5.69 Å². The van der Waals surface area contributed by atoms with Crippen LogP contribution in [0, 0.1) is 0 Å². The Morgan fingerprint density at radius 3 is 2.21 bits per heavy atom. The zero-order valence-corrected chi connectivity index (χ0v) is 13.7. The molecule has 0 spiro atoms. The summed E-state index contributed by atoms with van der Waals surface area (Å²) < 4.78 is 11.4. The van der Waals surface area contributed by atoms with Crippen LogP contribution in [0.2, 0.25) is 0 Å². The van der Waals surface area contributed by atoms with Crippen molar-refractivity contribution in [3.05, 3.63) is 22.4 Å². The normalized spacial score (nSPS) is 10.3. The summed E-state index contributed by atoms with van der Waals surface area (Å²) in [6.45, 7) is 9.25. The highest BCUT2D eigenvalue weighted by Crippen LogP contribution is 2.20. The van der Waals surface area contributed by atoms with Gasteiger partial charge in [0.2, 0.25) is 0 Å². The summed E-state index contributed by atoms with van der Waals surface area (Å²) in [4.78, 5) is 23.3. The summed E-state index contributed by atoms with van der Waals surface area (Å²) in [6, 6.07) is 1.58. The predicted molar refractivity (Wildman–Crippen MR) is 76.5 cm³/mol. The van der Waals surface area contributed by atoms with Gasteiger partial charge in [-0.15, -0.1) is 0 Å². The molecule has 1 aromatic heterocycles. The Morgan fingerprint density at radius 2 is 1.79 bits per heavy atom. The number of hydrogen-bond donors (Lipinski definition) is 0. The van der Waals surface area contributed by atoms with Crippen LogP contribution in [0.3, 0.4) is 0 Å². The molecule has 1 rings (SSSR count). The zero-order chi connectivity index (χ0) is 15.2. The summed E-state index contributed by atoms with van der Waals surface area (Å²) in [6.07, 6.45) is 0.827. The molecule has 1 heterocycles. The summed E-state index contributed by atoms with van der Waals surface area (Å²) in [7, 11) is 1.25. The summed E-state index contributed by atoms with van der Waals surface area (Å²) >= 11 is 3.18. The van der Waals surface area contributed by atoms with E-state index in [1.54, 1.807) is 26.8 Å². The van der Waals surface area contributed by atoms with Crippen molar-refractivity contribution >= 4 is 28.0 Å². The fraction of sp³-hybridized carbons (Fsp3) is 0.538. The molecule has 0 aromatic carbocycles. The zero-order valence-electron chi connectivity index (χ0n) is 12.1. The third-order valence-corrected chi connectivity index (χ3v) is 2.45. The average Bonchev–Trinajstić information content (AvgIpc) is 2.71. The summed E-state index contributed by atoms with van der Waals surface area (Å²) in [5.74, 6) is -0.604. The Hall–Kier alpha value is -1.30. The van der Waals surface area contributed by atoms with Gasteiger partial charge in [0.1, 0.15) is 5.60 Å². The van der Waals surface area contributed by atoms with Gasteiger partial charge >= 0.3 is 12.1 Å². The summed E-state index contributed by atoms with van der Waals surface area (Å²) in [5, 5.41) is 0. The van der Waals surface area contributed by atoms with E-state index in [2.05, 4.69) is 20.7 Å². The third kappa shape index (κ3) is 5.06. The molecule has 1 aromatic rings. The largest absolute Gasteiger partial charge is 0.464 e. The minimum atomic E-state index is -0.624. The van der Waals surface area contributed by atoms with E-state index in [0.717, 1.165) is 4.57 Å². The van der Waals surface area contributed by atoms with E-state index in [9.17, 15) is 9.59 Å². The van der Waals surface area contributed by atoms with Crippen LogP contribution in [-0.4, -0.2) is 29.3 Å². The van der Waals surface area contributed by atoms with E-state index in [1.165, 1.54) is 13.3 Å². The van der Waals surface area contributed by atoms with Crippen LogP contribution < -0.4 is 0 Å². The first-order valence-corrected chi connectivity index (χ1v) is 6.74. The maximum atomic E-state index is 11.8. The maximum absolute atomic E-state index is 11.8. The number of methoxy groups -OCH3 is 1. The number of ether oxygens (including phenoxy) is 2. The molecule has 0 fully saturated rings. The van der Waals surface area contributed by atoms with Crippen molar-refractivity contribution in [3.8, 4) is 0 Å². The number of hydrogen-bond acceptors (Lipinski definition) is 4. The van der Waals surface area contributed by atoms with Crippen molar-refractivity contribution in [2.24, 2.45) is 0 Å². The minimum absolute atomic E-state index is 0.113. The highest BCUT2D eigenvalue weighted by molar-refractivity contribution is 9.10. The van der Waals surface area contributed by atoms with E-state index in [1.807, 2.05) is 13.8 Å². The molecule has 0 radical (unpaired) electrons. The Bertz CT molecular complexity index is 446. The fourth-order valence-corrected chi connectivity index (χ4v) is 1.64. The number of carbonyl (C=O) groups is 2. The molecule has 0 aliphatic heterocycles. The van der Waals surface area contributed by atoms with Crippen molar-refractivity contribution in [1.29, 1.82) is 0 Å². The second-order valence-corrected chi connectivity index (χ2v) is 5.21. The molecular formula is C13H20BrNO4. The van der Waals surface area contributed by atoms with Crippen molar-refractivity contribution in [2.45, 2.75) is 40.2 Å². The van der Waals surface area contributed by atoms with Crippen molar-refractivity contribution in [1.82, 2.24) is 4.57 Å². The monoisotopic (exact) mass is 333 g/mol. The minimum Gasteiger partial charge on any atom is -0.464 e. The molecule has 0 saturated carbocycles. The molecule has 0 bridgehead atoms. The lowest BCUT2D eigenvalue weighted by molar-refractivity contribution is 0.0483. The Balaban J connectivity index is 0.00000154. The number of rotatable bonds is 1. The highest BCUT2D eigenvalue weighted by Gasteiger charge is 2.24. The number of esters is 1. The van der Waals surface area contributed by atoms with Gasteiger partial charge in [-0.05, 0) is 42.8 Å². The molecule has 108 valence electrons.